The number of nitrogens with zero attached hydrogens (tertiary/aromatic N) is 3. The minimum Gasteiger partial charge on any atom is -0.379 e. The molecule has 3 rings (SSSR count). The van der Waals surface area contributed by atoms with Gasteiger partial charge >= 0.3 is 0 Å². The zero-order chi connectivity index (χ0) is 19.4. The van der Waals surface area contributed by atoms with Crippen LogP contribution in [0.3, 0.4) is 0 Å². The van der Waals surface area contributed by atoms with Gasteiger partial charge in [-0.3, -0.25) is 9.89 Å². The van der Waals surface area contributed by atoms with E-state index in [0.717, 1.165) is 77.9 Å². The SMILES string of the molecule is CCNC(=NCCCCOCc1ccccc1)N1CCC(N2CCOCC2)C1.I. The lowest BCUT2D eigenvalue weighted by Gasteiger charge is -2.32. The molecule has 1 aromatic rings. The number of benzene rings is 1. The van der Waals surface area contributed by atoms with Crippen molar-refractivity contribution in [2.45, 2.75) is 38.8 Å². The molecule has 2 saturated heterocycles. The molecule has 0 radical (unpaired) electrons. The van der Waals surface area contributed by atoms with Gasteiger partial charge in [0.2, 0.25) is 0 Å². The molecule has 2 aliphatic rings. The Hall–Kier alpha value is -0.900. The molecule has 164 valence electrons. The van der Waals surface area contributed by atoms with Gasteiger partial charge in [0.1, 0.15) is 0 Å². The molecular weight excluding hydrogens is 479 g/mol. The standard InChI is InChI=1S/C22H36N4O2.HI/c1-2-23-22(26-12-10-21(18-26)25-13-16-27-17-14-25)24-11-6-7-15-28-19-20-8-4-3-5-9-20;/h3-5,8-9,21H,2,6-7,10-19H2,1H3,(H,23,24);1H. The molecule has 29 heavy (non-hydrogen) atoms. The van der Waals surface area contributed by atoms with Crippen molar-refractivity contribution in [2.75, 3.05) is 59.1 Å². The summed E-state index contributed by atoms with van der Waals surface area (Å²) in [4.78, 5) is 9.87. The van der Waals surface area contributed by atoms with Crippen LogP contribution in [0.5, 0.6) is 0 Å². The summed E-state index contributed by atoms with van der Waals surface area (Å²) in [6, 6.07) is 11.0. The lowest BCUT2D eigenvalue weighted by atomic mass is 10.2. The Kier molecular flexibility index (Phi) is 11.9. The van der Waals surface area contributed by atoms with Crippen LogP contribution in [0.4, 0.5) is 0 Å². The Morgan fingerprint density at radius 2 is 1.97 bits per heavy atom. The highest BCUT2D eigenvalue weighted by Crippen LogP contribution is 2.17. The van der Waals surface area contributed by atoms with Crippen molar-refractivity contribution in [3.63, 3.8) is 0 Å². The summed E-state index contributed by atoms with van der Waals surface area (Å²) in [5, 5.41) is 3.47. The zero-order valence-electron chi connectivity index (χ0n) is 17.7. The molecule has 1 atom stereocenters. The quantitative estimate of drug-likeness (QED) is 0.237. The molecule has 2 fully saturated rings. The van der Waals surface area contributed by atoms with Crippen molar-refractivity contribution in [3.05, 3.63) is 35.9 Å². The fourth-order valence-corrected chi connectivity index (χ4v) is 3.87. The Balaban J connectivity index is 0.00000300. The number of guanidine groups is 1. The second kappa shape index (κ2) is 14.2. The van der Waals surface area contributed by atoms with Crippen molar-refractivity contribution in [3.8, 4) is 0 Å². The number of hydrogen-bond acceptors (Lipinski definition) is 4. The third kappa shape index (κ3) is 8.39. The topological polar surface area (TPSA) is 49.3 Å². The van der Waals surface area contributed by atoms with E-state index in [1.807, 2.05) is 6.07 Å². The summed E-state index contributed by atoms with van der Waals surface area (Å²) in [6.07, 6.45) is 3.33. The van der Waals surface area contributed by atoms with Crippen molar-refractivity contribution in [1.82, 2.24) is 15.1 Å². The minimum atomic E-state index is 0. The van der Waals surface area contributed by atoms with E-state index in [-0.39, 0.29) is 24.0 Å². The molecule has 0 aromatic heterocycles. The highest BCUT2D eigenvalue weighted by atomic mass is 127. The normalized spacial score (nSPS) is 20.5. The van der Waals surface area contributed by atoms with E-state index in [2.05, 4.69) is 46.3 Å². The van der Waals surface area contributed by atoms with Crippen LogP contribution >= 0.6 is 24.0 Å². The first kappa shape index (κ1) is 24.4. The second-order valence-electron chi connectivity index (χ2n) is 7.52. The summed E-state index contributed by atoms with van der Waals surface area (Å²) < 4.78 is 11.3. The third-order valence-electron chi connectivity index (χ3n) is 5.43. The van der Waals surface area contributed by atoms with Gasteiger partial charge in [0.05, 0.1) is 19.8 Å². The number of ether oxygens (including phenoxy) is 2. The molecule has 0 amide bonds. The van der Waals surface area contributed by atoms with Gasteiger partial charge in [0.15, 0.2) is 5.96 Å². The first-order chi connectivity index (χ1) is 13.9. The average molecular weight is 516 g/mol. The minimum absolute atomic E-state index is 0. The molecule has 6 nitrogen and oxygen atoms in total. The van der Waals surface area contributed by atoms with E-state index < -0.39 is 0 Å². The molecule has 0 spiro atoms. The Morgan fingerprint density at radius 1 is 1.17 bits per heavy atom. The number of morpholine rings is 1. The van der Waals surface area contributed by atoms with E-state index in [0.29, 0.717) is 12.6 Å². The van der Waals surface area contributed by atoms with Gasteiger partial charge in [0.25, 0.3) is 0 Å². The first-order valence-corrected chi connectivity index (χ1v) is 10.8. The number of likely N-dealkylation sites (tertiary alicyclic amines) is 1. The average Bonchev–Trinajstić information content (AvgIpc) is 3.24. The van der Waals surface area contributed by atoms with E-state index in [9.17, 15) is 0 Å². The maximum Gasteiger partial charge on any atom is 0.193 e. The Morgan fingerprint density at radius 3 is 2.72 bits per heavy atom. The van der Waals surface area contributed by atoms with Gasteiger partial charge in [-0.05, 0) is 31.7 Å². The van der Waals surface area contributed by atoms with Crippen LogP contribution in [-0.4, -0.2) is 80.9 Å². The molecule has 0 saturated carbocycles. The van der Waals surface area contributed by atoms with Gasteiger partial charge in [-0.1, -0.05) is 30.3 Å². The van der Waals surface area contributed by atoms with Crippen LogP contribution in [0.15, 0.2) is 35.3 Å². The molecule has 2 aliphatic heterocycles. The van der Waals surface area contributed by atoms with Crippen LogP contribution in [0.2, 0.25) is 0 Å². The smallest absolute Gasteiger partial charge is 0.193 e. The Bertz CT molecular complexity index is 581. The molecule has 1 aromatic carbocycles. The lowest BCUT2D eigenvalue weighted by Crippen LogP contribution is -2.46. The lowest BCUT2D eigenvalue weighted by molar-refractivity contribution is 0.0195. The van der Waals surface area contributed by atoms with E-state index in [1.165, 1.54) is 12.0 Å². The van der Waals surface area contributed by atoms with E-state index in [1.54, 1.807) is 0 Å². The number of halogens is 1. The molecule has 7 heteroatoms. The van der Waals surface area contributed by atoms with Crippen LogP contribution in [0.25, 0.3) is 0 Å². The largest absolute Gasteiger partial charge is 0.379 e. The molecular formula is C22H37IN4O2. The van der Waals surface area contributed by atoms with Gasteiger partial charge in [-0.25, -0.2) is 0 Å². The Labute approximate surface area is 193 Å². The van der Waals surface area contributed by atoms with Crippen LogP contribution in [0, 0.1) is 0 Å². The molecule has 0 aliphatic carbocycles. The van der Waals surface area contributed by atoms with E-state index >= 15 is 0 Å². The van der Waals surface area contributed by atoms with Crippen molar-refractivity contribution >= 4 is 29.9 Å². The predicted octanol–water partition coefficient (Wildman–Crippen LogP) is 2.97. The molecule has 1 N–H and O–H groups in total. The van der Waals surface area contributed by atoms with Crippen LogP contribution in [0.1, 0.15) is 31.7 Å². The molecule has 0 bridgehead atoms. The summed E-state index contributed by atoms with van der Waals surface area (Å²) in [5.74, 6) is 1.07. The zero-order valence-corrected chi connectivity index (χ0v) is 20.1. The summed E-state index contributed by atoms with van der Waals surface area (Å²) in [6.45, 7) is 11.4. The van der Waals surface area contributed by atoms with Gasteiger partial charge in [-0.2, -0.15) is 0 Å². The van der Waals surface area contributed by atoms with Gasteiger partial charge in [0, 0.05) is 51.9 Å². The van der Waals surface area contributed by atoms with Gasteiger partial charge in [-0.15, -0.1) is 24.0 Å². The molecule has 1 unspecified atom stereocenters. The summed E-state index contributed by atoms with van der Waals surface area (Å²) in [5.41, 5.74) is 1.24. The maximum atomic E-state index is 5.77. The second-order valence-corrected chi connectivity index (χ2v) is 7.52. The van der Waals surface area contributed by atoms with Crippen LogP contribution < -0.4 is 5.32 Å². The highest BCUT2D eigenvalue weighted by Gasteiger charge is 2.30. The number of unbranched alkanes of at least 4 members (excludes halogenated alkanes) is 1. The summed E-state index contributed by atoms with van der Waals surface area (Å²) in [7, 11) is 0. The third-order valence-corrected chi connectivity index (χ3v) is 5.43. The monoisotopic (exact) mass is 516 g/mol. The fraction of sp³-hybridized carbons (Fsp3) is 0.682. The highest BCUT2D eigenvalue weighted by molar-refractivity contribution is 14.0. The number of hydrogen-bond donors (Lipinski definition) is 1. The first-order valence-electron chi connectivity index (χ1n) is 10.8. The van der Waals surface area contributed by atoms with Gasteiger partial charge < -0.3 is 19.7 Å². The maximum absolute atomic E-state index is 5.77. The van der Waals surface area contributed by atoms with E-state index in [4.69, 9.17) is 14.5 Å². The number of aliphatic imine (C=N–C) groups is 1. The fourth-order valence-electron chi connectivity index (χ4n) is 3.87. The van der Waals surface area contributed by atoms with Crippen LogP contribution in [-0.2, 0) is 16.1 Å². The molecule has 2 heterocycles. The van der Waals surface area contributed by atoms with Crippen molar-refractivity contribution < 1.29 is 9.47 Å². The number of nitrogens with one attached hydrogen (secondary N) is 1. The summed E-state index contributed by atoms with van der Waals surface area (Å²) >= 11 is 0. The van der Waals surface area contributed by atoms with Crippen molar-refractivity contribution in [2.24, 2.45) is 4.99 Å². The van der Waals surface area contributed by atoms with Crippen molar-refractivity contribution in [1.29, 1.82) is 0 Å². The predicted molar refractivity (Wildman–Crippen MR) is 129 cm³/mol. The number of rotatable bonds is 9.